The third-order valence-electron chi connectivity index (χ3n) is 7.67. The van der Waals surface area contributed by atoms with E-state index in [4.69, 9.17) is 11.6 Å². The average Bonchev–Trinajstić information content (AvgIpc) is 3.35. The predicted octanol–water partition coefficient (Wildman–Crippen LogP) is 6.71. The first-order valence-electron chi connectivity index (χ1n) is 12.7. The summed E-state index contributed by atoms with van der Waals surface area (Å²) in [4.78, 5) is 45.3. The number of nitrogens with zero attached hydrogens (tertiary/aromatic N) is 2. The fourth-order valence-electron chi connectivity index (χ4n) is 5.95. The van der Waals surface area contributed by atoms with Crippen LogP contribution in [0.15, 0.2) is 108 Å². The molecule has 2 atom stereocenters. The molecule has 0 spiro atoms. The second-order valence-electron chi connectivity index (χ2n) is 9.98. The Hall–Kier alpha value is -3.74. The van der Waals surface area contributed by atoms with Crippen LogP contribution in [0.4, 0.5) is 11.4 Å². The molecule has 4 aromatic carbocycles. The molecule has 0 unspecified atom stereocenters. The van der Waals surface area contributed by atoms with Gasteiger partial charge in [0.1, 0.15) is 0 Å². The molecule has 39 heavy (non-hydrogen) atoms. The van der Waals surface area contributed by atoms with Crippen LogP contribution in [0.1, 0.15) is 23.1 Å². The Morgan fingerprint density at radius 2 is 1.51 bits per heavy atom. The van der Waals surface area contributed by atoms with Crippen molar-refractivity contribution in [3.8, 4) is 0 Å². The number of rotatable bonds is 6. The molecular formula is C32H24BrClN2O3. The Morgan fingerprint density at radius 1 is 0.821 bits per heavy atom. The monoisotopic (exact) mass is 598 g/mol. The molecule has 0 saturated carbocycles. The smallest absolute Gasteiger partial charge is 0.239 e. The summed E-state index contributed by atoms with van der Waals surface area (Å²) in [5.41, 5.74) is 2.42. The number of hydrogen-bond acceptors (Lipinski definition) is 3. The van der Waals surface area contributed by atoms with E-state index in [0.717, 1.165) is 15.6 Å². The van der Waals surface area contributed by atoms with Gasteiger partial charge >= 0.3 is 0 Å². The summed E-state index contributed by atoms with van der Waals surface area (Å²) in [5, 5.41) is 0.471. The van der Waals surface area contributed by atoms with E-state index in [9.17, 15) is 14.4 Å². The first-order chi connectivity index (χ1) is 18.9. The van der Waals surface area contributed by atoms with Gasteiger partial charge in [0, 0.05) is 21.6 Å². The molecule has 1 fully saturated rings. The van der Waals surface area contributed by atoms with Gasteiger partial charge in [-0.3, -0.25) is 19.3 Å². The van der Waals surface area contributed by atoms with Gasteiger partial charge in [0.2, 0.25) is 17.7 Å². The molecule has 0 aliphatic carbocycles. The SMILES string of the molecule is O=C1C[C@H]([C@]2(Cc3cccc(Br)c3)C(=O)N(Cc3ccccc3)c3ccc(Cl)cc32)C(=O)N1c1ccccc1. The van der Waals surface area contributed by atoms with E-state index >= 15 is 0 Å². The van der Waals surface area contributed by atoms with Crippen LogP contribution in [0.25, 0.3) is 0 Å². The minimum absolute atomic E-state index is 0.0708. The summed E-state index contributed by atoms with van der Waals surface area (Å²) in [6, 6.07) is 31.8. The van der Waals surface area contributed by atoms with Crippen molar-refractivity contribution >= 4 is 56.6 Å². The van der Waals surface area contributed by atoms with Crippen LogP contribution in [0.3, 0.4) is 0 Å². The lowest BCUT2D eigenvalue weighted by Crippen LogP contribution is -2.50. The molecule has 3 amide bonds. The molecule has 2 aliphatic heterocycles. The molecule has 7 heteroatoms. The normalized spacial score (nSPS) is 20.6. The van der Waals surface area contributed by atoms with Gasteiger partial charge in [-0.25, -0.2) is 0 Å². The topological polar surface area (TPSA) is 57.7 Å². The molecule has 0 radical (unpaired) electrons. The van der Waals surface area contributed by atoms with Gasteiger partial charge in [-0.15, -0.1) is 0 Å². The van der Waals surface area contributed by atoms with E-state index in [1.165, 1.54) is 4.90 Å². The second kappa shape index (κ2) is 10.1. The number of halogens is 2. The first kappa shape index (κ1) is 25.5. The number of amides is 3. The molecule has 2 aliphatic rings. The maximum absolute atomic E-state index is 14.8. The second-order valence-corrected chi connectivity index (χ2v) is 11.3. The largest absolute Gasteiger partial charge is 0.307 e. The van der Waals surface area contributed by atoms with Crippen LogP contribution in [0.2, 0.25) is 5.02 Å². The maximum Gasteiger partial charge on any atom is 0.239 e. The molecular weight excluding hydrogens is 576 g/mol. The lowest BCUT2D eigenvalue weighted by Gasteiger charge is -2.33. The van der Waals surface area contributed by atoms with Crippen LogP contribution in [-0.2, 0) is 32.8 Å². The van der Waals surface area contributed by atoms with E-state index in [1.807, 2.05) is 66.7 Å². The van der Waals surface area contributed by atoms with Crippen LogP contribution in [-0.4, -0.2) is 17.7 Å². The highest BCUT2D eigenvalue weighted by Gasteiger charge is 2.61. The number of fused-ring (bicyclic) bond motifs is 1. The number of imide groups is 1. The van der Waals surface area contributed by atoms with Gasteiger partial charge in [-0.2, -0.15) is 0 Å². The Kier molecular flexibility index (Phi) is 6.61. The predicted molar refractivity (Wildman–Crippen MR) is 156 cm³/mol. The number of carbonyl (C=O) groups excluding carboxylic acids is 3. The maximum atomic E-state index is 14.8. The molecule has 194 valence electrons. The van der Waals surface area contributed by atoms with Gasteiger partial charge in [0.05, 0.1) is 23.6 Å². The van der Waals surface area contributed by atoms with Gasteiger partial charge in [-0.05, 0) is 65.6 Å². The van der Waals surface area contributed by atoms with E-state index in [0.29, 0.717) is 28.5 Å². The van der Waals surface area contributed by atoms with Crippen LogP contribution < -0.4 is 9.80 Å². The van der Waals surface area contributed by atoms with Crippen LogP contribution >= 0.6 is 27.5 Å². The highest BCUT2D eigenvalue weighted by molar-refractivity contribution is 9.10. The van der Waals surface area contributed by atoms with Crippen molar-refractivity contribution in [3.05, 3.63) is 129 Å². The fourth-order valence-corrected chi connectivity index (χ4v) is 6.57. The zero-order valence-corrected chi connectivity index (χ0v) is 23.2. The number of anilines is 2. The summed E-state index contributed by atoms with van der Waals surface area (Å²) in [7, 11) is 0. The number of para-hydroxylation sites is 1. The van der Waals surface area contributed by atoms with Crippen LogP contribution in [0.5, 0.6) is 0 Å². The van der Waals surface area contributed by atoms with Crippen molar-refractivity contribution in [2.24, 2.45) is 5.92 Å². The van der Waals surface area contributed by atoms with Gasteiger partial charge < -0.3 is 4.90 Å². The van der Waals surface area contributed by atoms with Crippen molar-refractivity contribution in [3.63, 3.8) is 0 Å². The molecule has 1 saturated heterocycles. The average molecular weight is 600 g/mol. The third-order valence-corrected chi connectivity index (χ3v) is 8.40. The standard InChI is InChI=1S/C32H24BrClN2O3/c33-23-11-7-10-22(16-23)19-32(27-18-29(37)36(30(27)38)25-12-5-2-6-13-25)26-17-24(34)14-15-28(26)35(31(32)39)20-21-8-3-1-4-9-21/h1-17,27H,18-20H2/t27-,32+/m0/s1. The van der Waals surface area contributed by atoms with E-state index < -0.39 is 11.3 Å². The lowest BCUT2D eigenvalue weighted by atomic mass is 9.66. The summed E-state index contributed by atoms with van der Waals surface area (Å²) < 4.78 is 0.868. The fraction of sp³-hybridized carbons (Fsp3) is 0.156. The summed E-state index contributed by atoms with van der Waals surface area (Å²) in [6.07, 6.45) is 0.175. The van der Waals surface area contributed by atoms with Crippen molar-refractivity contribution in [1.29, 1.82) is 0 Å². The quantitative estimate of drug-likeness (QED) is 0.232. The molecule has 0 N–H and O–H groups in total. The number of benzene rings is 4. The van der Waals surface area contributed by atoms with Crippen molar-refractivity contribution in [2.45, 2.75) is 24.8 Å². The van der Waals surface area contributed by atoms with Gasteiger partial charge in [0.25, 0.3) is 0 Å². The zero-order valence-electron chi connectivity index (χ0n) is 20.9. The summed E-state index contributed by atoms with van der Waals surface area (Å²) in [6.45, 7) is 0.339. The summed E-state index contributed by atoms with van der Waals surface area (Å²) in [5.74, 6) is -1.79. The molecule has 6 rings (SSSR count). The van der Waals surface area contributed by atoms with Crippen molar-refractivity contribution < 1.29 is 14.4 Å². The number of hydrogen-bond donors (Lipinski definition) is 0. The van der Waals surface area contributed by atoms with E-state index in [2.05, 4.69) is 15.9 Å². The Morgan fingerprint density at radius 3 is 2.23 bits per heavy atom. The summed E-state index contributed by atoms with van der Waals surface area (Å²) >= 11 is 10.1. The Balaban J connectivity index is 1.53. The van der Waals surface area contributed by atoms with Crippen LogP contribution in [0, 0.1) is 5.92 Å². The minimum atomic E-state index is -1.31. The van der Waals surface area contributed by atoms with Gasteiger partial charge in [-0.1, -0.05) is 88.2 Å². The van der Waals surface area contributed by atoms with Crippen molar-refractivity contribution in [2.75, 3.05) is 9.80 Å². The Bertz CT molecular complexity index is 1590. The molecule has 0 bridgehead atoms. The molecule has 4 aromatic rings. The minimum Gasteiger partial charge on any atom is -0.307 e. The van der Waals surface area contributed by atoms with E-state index in [-0.39, 0.29) is 30.6 Å². The zero-order chi connectivity index (χ0) is 27.1. The van der Waals surface area contributed by atoms with E-state index in [1.54, 1.807) is 41.3 Å². The van der Waals surface area contributed by atoms with Crippen molar-refractivity contribution in [1.82, 2.24) is 0 Å². The lowest BCUT2D eigenvalue weighted by molar-refractivity contribution is -0.131. The highest BCUT2D eigenvalue weighted by Crippen LogP contribution is 2.53. The number of carbonyl (C=O) groups is 3. The molecule has 0 aromatic heterocycles. The molecule has 2 heterocycles. The molecule has 5 nitrogen and oxygen atoms in total. The highest BCUT2D eigenvalue weighted by atomic mass is 79.9. The Labute approximate surface area is 240 Å². The first-order valence-corrected chi connectivity index (χ1v) is 13.9. The third kappa shape index (κ3) is 4.38. The van der Waals surface area contributed by atoms with Gasteiger partial charge in [0.15, 0.2) is 0 Å².